The highest BCUT2D eigenvalue weighted by molar-refractivity contribution is 6.01. The Kier molecular flexibility index (Phi) is 3.41. The lowest BCUT2D eigenvalue weighted by molar-refractivity contribution is -0.132. The first kappa shape index (κ1) is 14.9. The van der Waals surface area contributed by atoms with Gasteiger partial charge in [0.15, 0.2) is 17.2 Å². The Morgan fingerprint density at radius 2 is 2.04 bits per heavy atom. The van der Waals surface area contributed by atoms with E-state index < -0.39 is 5.60 Å². The summed E-state index contributed by atoms with van der Waals surface area (Å²) in [5.41, 5.74) is 6.01. The Morgan fingerprint density at radius 1 is 1.30 bits per heavy atom. The molecule has 2 N–H and O–H groups in total. The standard InChI is InChI=1S/C17H16N4O2/c1-17(2)16(22)21(10-12-6-4-3-5-11(12)9-18)15-13(23-17)7-8-14(19)20-15/h3-8H,10H2,1-2H3,(H2,19,20). The van der Waals surface area contributed by atoms with E-state index in [2.05, 4.69) is 11.1 Å². The molecule has 1 aliphatic heterocycles. The first-order valence-electron chi connectivity index (χ1n) is 7.18. The highest BCUT2D eigenvalue weighted by Crippen LogP contribution is 2.37. The number of nitriles is 1. The second kappa shape index (κ2) is 5.29. The van der Waals surface area contributed by atoms with Crippen molar-refractivity contribution in [2.45, 2.75) is 26.0 Å². The van der Waals surface area contributed by atoms with Gasteiger partial charge in [-0.3, -0.25) is 9.69 Å². The Bertz CT molecular complexity index is 824. The van der Waals surface area contributed by atoms with Crippen LogP contribution in [0.15, 0.2) is 36.4 Å². The normalized spacial score (nSPS) is 15.5. The van der Waals surface area contributed by atoms with E-state index in [4.69, 9.17) is 10.5 Å². The van der Waals surface area contributed by atoms with Gasteiger partial charge in [-0.25, -0.2) is 4.98 Å². The number of fused-ring (bicyclic) bond motifs is 1. The zero-order valence-corrected chi connectivity index (χ0v) is 12.9. The van der Waals surface area contributed by atoms with Crippen LogP contribution in [0.2, 0.25) is 0 Å². The quantitative estimate of drug-likeness (QED) is 0.918. The molecular weight excluding hydrogens is 292 g/mol. The van der Waals surface area contributed by atoms with Gasteiger partial charge in [0.05, 0.1) is 18.2 Å². The average Bonchev–Trinajstić information content (AvgIpc) is 2.53. The molecule has 0 unspecified atom stereocenters. The van der Waals surface area contributed by atoms with Crippen molar-refractivity contribution in [3.63, 3.8) is 0 Å². The van der Waals surface area contributed by atoms with E-state index in [0.29, 0.717) is 22.9 Å². The molecule has 1 amide bonds. The van der Waals surface area contributed by atoms with Crippen molar-refractivity contribution in [3.05, 3.63) is 47.5 Å². The number of benzene rings is 1. The summed E-state index contributed by atoms with van der Waals surface area (Å²) >= 11 is 0. The van der Waals surface area contributed by atoms with Gasteiger partial charge in [0.2, 0.25) is 0 Å². The van der Waals surface area contributed by atoms with Crippen LogP contribution in [0.1, 0.15) is 25.0 Å². The minimum absolute atomic E-state index is 0.226. The summed E-state index contributed by atoms with van der Waals surface area (Å²) in [4.78, 5) is 18.5. The van der Waals surface area contributed by atoms with Crippen molar-refractivity contribution < 1.29 is 9.53 Å². The molecule has 0 radical (unpaired) electrons. The van der Waals surface area contributed by atoms with Gasteiger partial charge in [-0.2, -0.15) is 5.26 Å². The maximum Gasteiger partial charge on any atom is 0.272 e. The van der Waals surface area contributed by atoms with E-state index in [0.717, 1.165) is 5.56 Å². The minimum Gasteiger partial charge on any atom is -0.474 e. The van der Waals surface area contributed by atoms with Crippen LogP contribution in [0.3, 0.4) is 0 Å². The Morgan fingerprint density at radius 3 is 2.78 bits per heavy atom. The molecule has 1 aliphatic rings. The van der Waals surface area contributed by atoms with E-state index in [1.54, 1.807) is 38.1 Å². The van der Waals surface area contributed by atoms with Gasteiger partial charge >= 0.3 is 0 Å². The molecule has 2 aromatic rings. The van der Waals surface area contributed by atoms with Gasteiger partial charge in [-0.1, -0.05) is 18.2 Å². The fourth-order valence-electron chi connectivity index (χ4n) is 2.55. The molecule has 6 nitrogen and oxygen atoms in total. The van der Waals surface area contributed by atoms with Crippen LogP contribution in [0, 0.1) is 11.3 Å². The van der Waals surface area contributed by atoms with Gasteiger partial charge in [0.25, 0.3) is 5.91 Å². The number of hydrogen-bond acceptors (Lipinski definition) is 5. The van der Waals surface area contributed by atoms with Crippen LogP contribution >= 0.6 is 0 Å². The molecule has 23 heavy (non-hydrogen) atoms. The highest BCUT2D eigenvalue weighted by atomic mass is 16.5. The van der Waals surface area contributed by atoms with Crippen molar-refractivity contribution in [2.75, 3.05) is 10.6 Å². The lowest BCUT2D eigenvalue weighted by atomic mass is 10.0. The number of carbonyl (C=O) groups is 1. The molecule has 0 saturated carbocycles. The Balaban J connectivity index is 2.08. The summed E-state index contributed by atoms with van der Waals surface area (Å²) < 4.78 is 5.74. The van der Waals surface area contributed by atoms with Gasteiger partial charge in [-0.05, 0) is 37.6 Å². The molecule has 6 heteroatoms. The van der Waals surface area contributed by atoms with E-state index in [1.807, 2.05) is 12.1 Å². The number of nitrogen functional groups attached to an aromatic ring is 1. The topological polar surface area (TPSA) is 92.2 Å². The number of nitrogens with zero attached hydrogens (tertiary/aromatic N) is 3. The third kappa shape index (κ3) is 2.57. The van der Waals surface area contributed by atoms with Crippen LogP contribution in [0.25, 0.3) is 0 Å². The molecular formula is C17H16N4O2. The fraction of sp³-hybridized carbons (Fsp3) is 0.235. The van der Waals surface area contributed by atoms with Crippen molar-refractivity contribution in [3.8, 4) is 11.8 Å². The zero-order chi connectivity index (χ0) is 16.6. The lowest BCUT2D eigenvalue weighted by Gasteiger charge is -2.38. The summed E-state index contributed by atoms with van der Waals surface area (Å²) in [6.45, 7) is 3.65. The maximum absolute atomic E-state index is 12.8. The van der Waals surface area contributed by atoms with Crippen molar-refractivity contribution in [1.29, 1.82) is 5.26 Å². The van der Waals surface area contributed by atoms with Gasteiger partial charge in [0.1, 0.15) is 5.82 Å². The molecule has 0 aliphatic carbocycles. The lowest BCUT2D eigenvalue weighted by Crippen LogP contribution is -2.52. The number of anilines is 2. The zero-order valence-electron chi connectivity index (χ0n) is 12.9. The van der Waals surface area contributed by atoms with Crippen LogP contribution in [-0.2, 0) is 11.3 Å². The number of pyridine rings is 1. The second-order valence-electron chi connectivity index (χ2n) is 5.83. The van der Waals surface area contributed by atoms with E-state index >= 15 is 0 Å². The van der Waals surface area contributed by atoms with Crippen molar-refractivity contribution >= 4 is 17.5 Å². The number of rotatable bonds is 2. The molecule has 0 spiro atoms. The summed E-state index contributed by atoms with van der Waals surface area (Å²) in [5.74, 6) is 0.953. The third-order valence-electron chi connectivity index (χ3n) is 3.71. The monoisotopic (exact) mass is 308 g/mol. The Labute approximate surface area is 134 Å². The van der Waals surface area contributed by atoms with E-state index in [-0.39, 0.29) is 12.5 Å². The largest absolute Gasteiger partial charge is 0.474 e. The fourth-order valence-corrected chi connectivity index (χ4v) is 2.55. The SMILES string of the molecule is CC1(C)Oc2ccc(N)nc2N(Cc2ccccc2C#N)C1=O. The van der Waals surface area contributed by atoms with Crippen molar-refractivity contribution in [1.82, 2.24) is 4.98 Å². The number of ether oxygens (including phenoxy) is 1. The third-order valence-corrected chi connectivity index (χ3v) is 3.71. The Hall–Kier alpha value is -3.07. The smallest absolute Gasteiger partial charge is 0.272 e. The first-order valence-corrected chi connectivity index (χ1v) is 7.18. The molecule has 0 saturated heterocycles. The van der Waals surface area contributed by atoms with E-state index in [1.165, 1.54) is 4.90 Å². The van der Waals surface area contributed by atoms with Crippen molar-refractivity contribution in [2.24, 2.45) is 0 Å². The predicted molar refractivity (Wildman–Crippen MR) is 85.7 cm³/mol. The van der Waals surface area contributed by atoms with Gasteiger partial charge in [0, 0.05) is 0 Å². The van der Waals surface area contributed by atoms with E-state index in [9.17, 15) is 10.1 Å². The number of aromatic nitrogens is 1. The molecule has 2 heterocycles. The van der Waals surface area contributed by atoms with Crippen LogP contribution < -0.4 is 15.4 Å². The molecule has 116 valence electrons. The summed E-state index contributed by atoms with van der Waals surface area (Å²) in [6.07, 6.45) is 0. The van der Waals surface area contributed by atoms with Crippen LogP contribution in [-0.4, -0.2) is 16.5 Å². The summed E-state index contributed by atoms with van der Waals surface area (Å²) in [5, 5.41) is 9.24. The van der Waals surface area contributed by atoms with Crippen LogP contribution in [0.4, 0.5) is 11.6 Å². The molecule has 0 fully saturated rings. The van der Waals surface area contributed by atoms with Crippen LogP contribution in [0.5, 0.6) is 5.75 Å². The summed E-state index contributed by atoms with van der Waals surface area (Å²) in [7, 11) is 0. The number of amides is 1. The average molecular weight is 308 g/mol. The number of nitrogens with two attached hydrogens (primary N) is 1. The second-order valence-corrected chi connectivity index (χ2v) is 5.83. The predicted octanol–water partition coefficient (Wildman–Crippen LogP) is 2.24. The van der Waals surface area contributed by atoms with Gasteiger partial charge < -0.3 is 10.5 Å². The number of carbonyl (C=O) groups excluding carboxylic acids is 1. The minimum atomic E-state index is -1.01. The maximum atomic E-state index is 12.8. The number of hydrogen-bond donors (Lipinski definition) is 1. The molecule has 3 rings (SSSR count). The first-order chi connectivity index (χ1) is 10.9. The highest BCUT2D eigenvalue weighted by Gasteiger charge is 2.42. The molecule has 0 bridgehead atoms. The molecule has 1 aromatic carbocycles. The van der Waals surface area contributed by atoms with Gasteiger partial charge in [-0.15, -0.1) is 0 Å². The molecule has 0 atom stereocenters. The molecule has 1 aromatic heterocycles. The summed E-state index contributed by atoms with van der Waals surface area (Å²) in [6, 6.07) is 12.6.